The summed E-state index contributed by atoms with van der Waals surface area (Å²) in [5.41, 5.74) is 3.58. The molecule has 6 heteroatoms. The molecule has 1 aliphatic heterocycles. The molecule has 1 aromatic heterocycles. The average Bonchev–Trinajstić information content (AvgIpc) is 3.17. The minimum absolute atomic E-state index is 0. The number of para-hydroxylation sites is 2. The molecule has 0 atom stereocenters. The van der Waals surface area contributed by atoms with Gasteiger partial charge in [-0.25, -0.2) is 4.68 Å². The largest absolute Gasteiger partial charge is 2.00 e. The van der Waals surface area contributed by atoms with Crippen molar-refractivity contribution in [2.75, 3.05) is 14.2 Å². The Morgan fingerprint density at radius 3 is 2.30 bits per heavy atom. The number of methoxy groups -OCH3 is 2. The Hall–Kier alpha value is -1.74. The normalized spacial score (nSPS) is 16.9. The Morgan fingerprint density at radius 1 is 1.00 bits per heavy atom. The maximum Gasteiger partial charge on any atom is 2.00 e. The Morgan fingerprint density at radius 2 is 1.67 bits per heavy atom. The number of nitrogens with zero attached hydrogens (tertiary/aromatic N) is 2. The van der Waals surface area contributed by atoms with Crippen molar-refractivity contribution in [3.05, 3.63) is 67.7 Å². The fraction of sp³-hybridized carbons (Fsp3) is 0.407. The van der Waals surface area contributed by atoms with E-state index < -0.39 is 0 Å². The predicted octanol–water partition coefficient (Wildman–Crippen LogP) is 6.26. The molecule has 0 bridgehead atoms. The third-order valence-corrected chi connectivity index (χ3v) is 5.78. The Bertz CT molecular complexity index is 1060. The van der Waals surface area contributed by atoms with Gasteiger partial charge in [-0.1, -0.05) is 12.1 Å². The first-order valence-corrected chi connectivity index (χ1v) is 10.7. The van der Waals surface area contributed by atoms with Crippen molar-refractivity contribution in [1.82, 2.24) is 9.78 Å². The van der Waals surface area contributed by atoms with E-state index in [1.54, 1.807) is 14.2 Å². The minimum Gasteiger partial charge on any atom is -0.523 e. The quantitative estimate of drug-likeness (QED) is 0.301. The standard InChI is InChI=1S/C26H31N2O3.CH3.U/c1-25(2)16-19(17-26(3,4)31-25)21-15-23(18-10-9-11-20(14-18)29-5)28(27-21)22-12-7-8-13-24(22)30-6;;/h7-10,12-15,19H,16-17H2,1-6H3;1H3;/q2*-1;+2. The Labute approximate surface area is 222 Å². The van der Waals surface area contributed by atoms with Crippen molar-refractivity contribution in [3.8, 4) is 28.4 Å². The van der Waals surface area contributed by atoms with Gasteiger partial charge in [-0.15, -0.1) is 17.7 Å². The zero-order valence-electron chi connectivity index (χ0n) is 20.7. The molecular formula is C27H34N2O3U. The zero-order valence-corrected chi connectivity index (χ0v) is 24.9. The van der Waals surface area contributed by atoms with Gasteiger partial charge in [-0.05, 0) is 58.7 Å². The average molecular weight is 673 g/mol. The summed E-state index contributed by atoms with van der Waals surface area (Å²) < 4.78 is 19.4. The molecule has 0 aliphatic carbocycles. The molecular weight excluding hydrogens is 638 g/mol. The minimum atomic E-state index is -0.203. The van der Waals surface area contributed by atoms with Crippen molar-refractivity contribution in [3.63, 3.8) is 0 Å². The number of hydrogen-bond donors (Lipinski definition) is 0. The fourth-order valence-electron chi connectivity index (χ4n) is 4.81. The van der Waals surface area contributed by atoms with Gasteiger partial charge in [0.2, 0.25) is 0 Å². The van der Waals surface area contributed by atoms with Crippen LogP contribution in [0.4, 0.5) is 0 Å². The van der Waals surface area contributed by atoms with E-state index in [2.05, 4.69) is 39.8 Å². The van der Waals surface area contributed by atoms with Gasteiger partial charge in [0.05, 0.1) is 36.8 Å². The van der Waals surface area contributed by atoms with E-state index >= 15 is 0 Å². The summed E-state index contributed by atoms with van der Waals surface area (Å²) in [5, 5.41) is 5.11. The monoisotopic (exact) mass is 672 g/mol. The maximum absolute atomic E-state index is 6.31. The van der Waals surface area contributed by atoms with Gasteiger partial charge in [0.25, 0.3) is 0 Å². The van der Waals surface area contributed by atoms with Crippen molar-refractivity contribution < 1.29 is 45.3 Å². The van der Waals surface area contributed by atoms with Crippen LogP contribution in [0.5, 0.6) is 11.5 Å². The summed E-state index contributed by atoms with van der Waals surface area (Å²) in [6, 6.07) is 19.2. The molecule has 4 rings (SSSR count). The Kier molecular flexibility index (Phi) is 8.90. The summed E-state index contributed by atoms with van der Waals surface area (Å²) in [5.74, 6) is 1.77. The van der Waals surface area contributed by atoms with Crippen LogP contribution in [0.3, 0.4) is 0 Å². The van der Waals surface area contributed by atoms with Gasteiger partial charge in [0.15, 0.2) is 0 Å². The van der Waals surface area contributed by atoms with E-state index in [0.717, 1.165) is 41.2 Å². The topological polar surface area (TPSA) is 45.5 Å². The summed E-state index contributed by atoms with van der Waals surface area (Å²) in [6.45, 7) is 8.65. The second-order valence-electron chi connectivity index (χ2n) is 9.41. The third-order valence-electron chi connectivity index (χ3n) is 5.78. The van der Waals surface area contributed by atoms with E-state index in [-0.39, 0.29) is 49.7 Å². The van der Waals surface area contributed by atoms with E-state index in [1.165, 1.54) is 0 Å². The molecule has 0 radical (unpaired) electrons. The molecule has 1 aliphatic rings. The van der Waals surface area contributed by atoms with Crippen LogP contribution in [0.2, 0.25) is 0 Å². The van der Waals surface area contributed by atoms with E-state index in [0.29, 0.717) is 11.7 Å². The van der Waals surface area contributed by atoms with E-state index in [9.17, 15) is 0 Å². The molecule has 3 aromatic rings. The third kappa shape index (κ3) is 6.04. The van der Waals surface area contributed by atoms with Crippen molar-refractivity contribution in [2.24, 2.45) is 0 Å². The van der Waals surface area contributed by atoms with Gasteiger partial charge < -0.3 is 21.6 Å². The van der Waals surface area contributed by atoms with Crippen LogP contribution >= 0.6 is 0 Å². The molecule has 5 nitrogen and oxygen atoms in total. The fourth-order valence-corrected chi connectivity index (χ4v) is 4.81. The Balaban J connectivity index is 0.00000193. The molecule has 33 heavy (non-hydrogen) atoms. The van der Waals surface area contributed by atoms with Gasteiger partial charge >= 0.3 is 31.1 Å². The summed E-state index contributed by atoms with van der Waals surface area (Å²) in [4.78, 5) is 0. The van der Waals surface area contributed by atoms with Crippen LogP contribution in [-0.2, 0) is 4.74 Å². The molecule has 2 heterocycles. The van der Waals surface area contributed by atoms with Gasteiger partial charge in [-0.3, -0.25) is 0 Å². The van der Waals surface area contributed by atoms with Crippen LogP contribution in [0.15, 0.2) is 48.5 Å². The number of hydrogen-bond acceptors (Lipinski definition) is 4. The molecule has 1 fully saturated rings. The van der Waals surface area contributed by atoms with Gasteiger partial charge in [-0.2, -0.15) is 17.2 Å². The first kappa shape index (κ1) is 27.5. The number of rotatable bonds is 5. The SMILES string of the molecule is COc1[c-]ccc(-c2cc(C3CC(C)(C)OC(C)(C)C3)nn2-c2ccccc2OC)c1.[CH3-].[U+2]. The van der Waals surface area contributed by atoms with Gasteiger partial charge in [0, 0.05) is 11.7 Å². The van der Waals surface area contributed by atoms with Crippen LogP contribution in [-0.4, -0.2) is 35.2 Å². The number of benzene rings is 2. The molecule has 0 amide bonds. The summed E-state index contributed by atoms with van der Waals surface area (Å²) in [6.07, 6.45) is 1.84. The van der Waals surface area contributed by atoms with Crippen LogP contribution < -0.4 is 9.47 Å². The van der Waals surface area contributed by atoms with Crippen molar-refractivity contribution in [2.45, 2.75) is 57.7 Å². The predicted molar refractivity (Wildman–Crippen MR) is 129 cm³/mol. The number of ether oxygens (including phenoxy) is 3. The molecule has 0 unspecified atom stereocenters. The number of aromatic nitrogens is 2. The van der Waals surface area contributed by atoms with Gasteiger partial charge in [0.1, 0.15) is 11.4 Å². The molecule has 0 saturated carbocycles. The van der Waals surface area contributed by atoms with Crippen LogP contribution in [0.25, 0.3) is 16.9 Å². The van der Waals surface area contributed by atoms with Crippen molar-refractivity contribution in [1.29, 1.82) is 0 Å². The summed E-state index contributed by atoms with van der Waals surface area (Å²) >= 11 is 0. The zero-order chi connectivity index (χ0) is 22.2. The molecule has 0 spiro atoms. The second kappa shape index (κ2) is 10.7. The van der Waals surface area contributed by atoms with E-state index in [1.807, 2.05) is 47.1 Å². The van der Waals surface area contributed by atoms with E-state index in [4.69, 9.17) is 19.3 Å². The van der Waals surface area contributed by atoms with Crippen molar-refractivity contribution >= 4 is 0 Å². The smallest absolute Gasteiger partial charge is 0.523 e. The second-order valence-corrected chi connectivity index (χ2v) is 9.41. The molecule has 1 saturated heterocycles. The molecule has 2 aromatic carbocycles. The molecule has 174 valence electrons. The van der Waals surface area contributed by atoms with Crippen LogP contribution in [0.1, 0.15) is 52.1 Å². The summed E-state index contributed by atoms with van der Waals surface area (Å²) in [7, 11) is 3.34. The first-order valence-electron chi connectivity index (χ1n) is 10.7. The maximum atomic E-state index is 6.31. The molecule has 0 N–H and O–H groups in total. The van der Waals surface area contributed by atoms with Crippen LogP contribution in [0, 0.1) is 44.6 Å². The first-order chi connectivity index (χ1) is 14.7.